The minimum absolute atomic E-state index is 0.00159. The van der Waals surface area contributed by atoms with Crippen molar-refractivity contribution in [3.05, 3.63) is 54.6 Å². The van der Waals surface area contributed by atoms with Gasteiger partial charge in [-0.3, -0.25) is 0 Å². The van der Waals surface area contributed by atoms with E-state index >= 15 is 0 Å². The highest BCUT2D eigenvalue weighted by Gasteiger charge is 2.28. The molecule has 0 radical (unpaired) electrons. The summed E-state index contributed by atoms with van der Waals surface area (Å²) in [6, 6.07) is 9.78. The maximum Gasteiger partial charge on any atom is 0.317 e. The maximum absolute atomic E-state index is 12.2. The Hall–Kier alpha value is -2.34. The number of likely N-dealkylation sites (tertiary alicyclic amines) is 1. The summed E-state index contributed by atoms with van der Waals surface area (Å²) in [6.07, 6.45) is 7.56. The number of aliphatic hydroxyl groups is 1. The van der Waals surface area contributed by atoms with E-state index in [4.69, 9.17) is 0 Å². The molecule has 25 heavy (non-hydrogen) atoms. The Morgan fingerprint density at radius 1 is 1.28 bits per heavy atom. The number of amides is 2. The summed E-state index contributed by atoms with van der Waals surface area (Å²) in [4.78, 5) is 18.1. The predicted molar refractivity (Wildman–Crippen MR) is 95.9 cm³/mol. The number of nitrogens with zero attached hydrogens (tertiary/aromatic N) is 3. The van der Waals surface area contributed by atoms with Crippen molar-refractivity contribution in [3.63, 3.8) is 0 Å². The van der Waals surface area contributed by atoms with Crippen molar-refractivity contribution in [2.45, 2.75) is 31.9 Å². The molecule has 1 saturated heterocycles. The van der Waals surface area contributed by atoms with Gasteiger partial charge >= 0.3 is 6.03 Å². The van der Waals surface area contributed by atoms with Gasteiger partial charge in [0.2, 0.25) is 0 Å². The van der Waals surface area contributed by atoms with Gasteiger partial charge in [-0.25, -0.2) is 9.78 Å². The molecule has 0 aliphatic carbocycles. The zero-order valence-electron chi connectivity index (χ0n) is 14.4. The van der Waals surface area contributed by atoms with Crippen LogP contribution in [0.1, 0.15) is 30.9 Å². The highest BCUT2D eigenvalue weighted by Crippen LogP contribution is 2.30. The molecule has 134 valence electrons. The van der Waals surface area contributed by atoms with Crippen molar-refractivity contribution in [1.82, 2.24) is 19.8 Å². The number of imidazole rings is 1. The van der Waals surface area contributed by atoms with E-state index in [9.17, 15) is 9.90 Å². The molecule has 1 unspecified atom stereocenters. The van der Waals surface area contributed by atoms with Crippen LogP contribution in [0.15, 0.2) is 49.1 Å². The first-order valence-electron chi connectivity index (χ1n) is 8.95. The molecule has 1 fully saturated rings. The summed E-state index contributed by atoms with van der Waals surface area (Å²) < 4.78 is 2.00. The van der Waals surface area contributed by atoms with Crippen LogP contribution in [-0.2, 0) is 6.54 Å². The molecule has 3 rings (SSSR count). The standard InChI is InChI=1S/C19H26N4O2/c24-18(16-5-2-1-3-6-16)17-7-12-23(13-8-17)19(25)21-9-4-11-22-14-10-20-15-22/h1-3,5-6,10,14-15,17-18,24H,4,7-9,11-13H2,(H,21,25). The second kappa shape index (κ2) is 8.67. The lowest BCUT2D eigenvalue weighted by Gasteiger charge is -2.34. The maximum atomic E-state index is 12.2. The van der Waals surface area contributed by atoms with Crippen molar-refractivity contribution in [2.24, 2.45) is 5.92 Å². The van der Waals surface area contributed by atoms with E-state index in [1.54, 1.807) is 12.5 Å². The molecule has 2 amide bonds. The van der Waals surface area contributed by atoms with Crippen molar-refractivity contribution in [2.75, 3.05) is 19.6 Å². The van der Waals surface area contributed by atoms with Crippen LogP contribution in [0.3, 0.4) is 0 Å². The number of carbonyl (C=O) groups is 1. The molecule has 0 saturated carbocycles. The third-order valence-electron chi connectivity index (χ3n) is 4.84. The van der Waals surface area contributed by atoms with Crippen LogP contribution in [0.25, 0.3) is 0 Å². The largest absolute Gasteiger partial charge is 0.388 e. The van der Waals surface area contributed by atoms with Crippen LogP contribution in [0.5, 0.6) is 0 Å². The lowest BCUT2D eigenvalue weighted by Crippen LogP contribution is -2.45. The van der Waals surface area contributed by atoms with E-state index in [2.05, 4.69) is 10.3 Å². The lowest BCUT2D eigenvalue weighted by atomic mass is 9.87. The van der Waals surface area contributed by atoms with Gasteiger partial charge < -0.3 is 19.9 Å². The van der Waals surface area contributed by atoms with Crippen LogP contribution in [-0.4, -0.2) is 45.2 Å². The summed E-state index contributed by atoms with van der Waals surface area (Å²) in [5.74, 6) is 0.215. The monoisotopic (exact) mass is 342 g/mol. The number of nitrogens with one attached hydrogen (secondary N) is 1. The minimum atomic E-state index is -0.443. The van der Waals surface area contributed by atoms with E-state index < -0.39 is 6.10 Å². The van der Waals surface area contributed by atoms with Gasteiger partial charge in [-0.15, -0.1) is 0 Å². The summed E-state index contributed by atoms with van der Waals surface area (Å²) in [5.41, 5.74) is 0.963. The second-order valence-electron chi connectivity index (χ2n) is 6.57. The number of aliphatic hydroxyl groups excluding tert-OH is 1. The third-order valence-corrected chi connectivity index (χ3v) is 4.84. The fourth-order valence-corrected chi connectivity index (χ4v) is 3.33. The minimum Gasteiger partial charge on any atom is -0.388 e. The van der Waals surface area contributed by atoms with Gasteiger partial charge in [-0.1, -0.05) is 30.3 Å². The van der Waals surface area contributed by atoms with Crippen LogP contribution in [0.2, 0.25) is 0 Å². The topological polar surface area (TPSA) is 70.4 Å². The summed E-state index contributed by atoms with van der Waals surface area (Å²) in [5, 5.41) is 13.5. The molecule has 1 aromatic heterocycles. The van der Waals surface area contributed by atoms with Crippen LogP contribution >= 0.6 is 0 Å². The number of hydrogen-bond acceptors (Lipinski definition) is 3. The summed E-state index contributed by atoms with van der Waals surface area (Å²) in [6.45, 7) is 2.90. The molecule has 2 N–H and O–H groups in total. The second-order valence-corrected chi connectivity index (χ2v) is 6.57. The molecule has 1 aliphatic rings. The van der Waals surface area contributed by atoms with Gasteiger partial charge in [-0.2, -0.15) is 0 Å². The van der Waals surface area contributed by atoms with Gasteiger partial charge in [-0.05, 0) is 30.7 Å². The molecule has 6 nitrogen and oxygen atoms in total. The van der Waals surface area contributed by atoms with Gasteiger partial charge in [0.15, 0.2) is 0 Å². The Morgan fingerprint density at radius 3 is 2.72 bits per heavy atom. The first kappa shape index (κ1) is 17.5. The Balaban J connectivity index is 1.37. The normalized spacial score (nSPS) is 16.6. The summed E-state index contributed by atoms with van der Waals surface area (Å²) in [7, 11) is 0. The number of carbonyl (C=O) groups excluding carboxylic acids is 1. The lowest BCUT2D eigenvalue weighted by molar-refractivity contribution is 0.0665. The van der Waals surface area contributed by atoms with E-state index in [-0.39, 0.29) is 11.9 Å². The number of rotatable bonds is 6. The fraction of sp³-hybridized carbons (Fsp3) is 0.474. The molecule has 0 bridgehead atoms. The third kappa shape index (κ3) is 4.82. The van der Waals surface area contributed by atoms with Crippen molar-refractivity contribution >= 4 is 6.03 Å². The highest BCUT2D eigenvalue weighted by atomic mass is 16.3. The molecule has 0 spiro atoms. The van der Waals surface area contributed by atoms with E-state index in [0.717, 1.165) is 31.4 Å². The van der Waals surface area contributed by atoms with Crippen molar-refractivity contribution in [3.8, 4) is 0 Å². The van der Waals surface area contributed by atoms with Crippen LogP contribution in [0, 0.1) is 5.92 Å². The summed E-state index contributed by atoms with van der Waals surface area (Å²) >= 11 is 0. The first-order chi connectivity index (χ1) is 12.2. The molecule has 1 aromatic carbocycles. The number of hydrogen-bond donors (Lipinski definition) is 2. The Labute approximate surface area is 148 Å². The SMILES string of the molecule is O=C(NCCCn1ccnc1)N1CCC(C(O)c2ccccc2)CC1. The number of piperidine rings is 1. The zero-order chi connectivity index (χ0) is 17.5. The molecular formula is C19H26N4O2. The van der Waals surface area contributed by atoms with E-state index in [1.165, 1.54) is 0 Å². The smallest absolute Gasteiger partial charge is 0.317 e. The average molecular weight is 342 g/mol. The molecule has 2 aromatic rings. The number of urea groups is 1. The Morgan fingerprint density at radius 2 is 2.04 bits per heavy atom. The van der Waals surface area contributed by atoms with Crippen LogP contribution in [0.4, 0.5) is 4.79 Å². The molecule has 1 atom stereocenters. The molecule has 2 heterocycles. The predicted octanol–water partition coefficient (Wildman–Crippen LogP) is 2.43. The molecular weight excluding hydrogens is 316 g/mol. The highest BCUT2D eigenvalue weighted by molar-refractivity contribution is 5.74. The van der Waals surface area contributed by atoms with Crippen molar-refractivity contribution in [1.29, 1.82) is 0 Å². The van der Waals surface area contributed by atoms with Crippen LogP contribution < -0.4 is 5.32 Å². The Kier molecular flexibility index (Phi) is 6.06. The number of benzene rings is 1. The van der Waals surface area contributed by atoms with Gasteiger partial charge in [0.1, 0.15) is 0 Å². The Bertz CT molecular complexity index is 637. The van der Waals surface area contributed by atoms with Gasteiger partial charge in [0.05, 0.1) is 12.4 Å². The molecule has 1 aliphatic heterocycles. The number of aryl methyl sites for hydroxylation is 1. The van der Waals surface area contributed by atoms with Crippen molar-refractivity contribution < 1.29 is 9.90 Å². The van der Waals surface area contributed by atoms with E-state index in [1.807, 2.05) is 46.0 Å². The van der Waals surface area contributed by atoms with E-state index in [0.29, 0.717) is 19.6 Å². The van der Waals surface area contributed by atoms with Gasteiger partial charge in [0, 0.05) is 38.6 Å². The zero-order valence-corrected chi connectivity index (χ0v) is 14.4. The quantitative estimate of drug-likeness (QED) is 0.792. The fourth-order valence-electron chi connectivity index (χ4n) is 3.33. The first-order valence-corrected chi connectivity index (χ1v) is 8.95. The molecule has 6 heteroatoms. The average Bonchev–Trinajstić information content (AvgIpc) is 3.19. The number of aromatic nitrogens is 2. The van der Waals surface area contributed by atoms with Gasteiger partial charge in [0.25, 0.3) is 0 Å².